The number of amides is 1. The molecule has 1 amide bonds. The number of carbonyl (C=O) groups is 1. The molecule has 2 rings (SSSR count). The highest BCUT2D eigenvalue weighted by Crippen LogP contribution is 2.16. The highest BCUT2D eigenvalue weighted by Gasteiger charge is 2.16. The highest BCUT2D eigenvalue weighted by atomic mass is 19.1. The lowest BCUT2D eigenvalue weighted by Gasteiger charge is -2.15. The number of halogens is 1. The molecule has 0 aliphatic rings. The molecule has 0 radical (unpaired) electrons. The zero-order valence-corrected chi connectivity index (χ0v) is 11.4. The highest BCUT2D eigenvalue weighted by molar-refractivity contribution is 5.94. The molecule has 0 aliphatic heterocycles. The van der Waals surface area contributed by atoms with Gasteiger partial charge in [0.25, 0.3) is 5.91 Å². The molecule has 0 saturated carbocycles. The summed E-state index contributed by atoms with van der Waals surface area (Å²) in [5.41, 5.74) is 0.957. The summed E-state index contributed by atoms with van der Waals surface area (Å²) in [6.45, 7) is 3.41. The van der Waals surface area contributed by atoms with E-state index in [0.717, 1.165) is 5.56 Å². The molecule has 0 aromatic heterocycles. The van der Waals surface area contributed by atoms with Crippen LogP contribution in [0.1, 0.15) is 12.5 Å². The van der Waals surface area contributed by atoms with Gasteiger partial charge in [-0.1, -0.05) is 24.3 Å². The third kappa shape index (κ3) is 3.57. The molecule has 0 aliphatic carbocycles. The topological polar surface area (TPSA) is 38.3 Å². The first-order chi connectivity index (χ1) is 9.56. The van der Waals surface area contributed by atoms with Crippen LogP contribution in [0, 0.1) is 12.7 Å². The Kier molecular flexibility index (Phi) is 4.35. The van der Waals surface area contributed by atoms with Crippen molar-refractivity contribution in [1.29, 1.82) is 0 Å². The number of hydrogen-bond donors (Lipinski definition) is 1. The zero-order valence-electron chi connectivity index (χ0n) is 11.4. The van der Waals surface area contributed by atoms with Crippen LogP contribution >= 0.6 is 0 Å². The van der Waals surface area contributed by atoms with Crippen molar-refractivity contribution in [1.82, 2.24) is 0 Å². The van der Waals surface area contributed by atoms with E-state index < -0.39 is 17.8 Å². The third-order valence-electron chi connectivity index (χ3n) is 2.81. The lowest BCUT2D eigenvalue weighted by molar-refractivity contribution is -0.122. The molecule has 0 spiro atoms. The predicted octanol–water partition coefficient (Wildman–Crippen LogP) is 3.54. The number of anilines is 1. The predicted molar refractivity (Wildman–Crippen MR) is 76.3 cm³/mol. The van der Waals surface area contributed by atoms with E-state index in [1.807, 2.05) is 18.2 Å². The van der Waals surface area contributed by atoms with Crippen molar-refractivity contribution in [2.24, 2.45) is 0 Å². The monoisotopic (exact) mass is 273 g/mol. The summed E-state index contributed by atoms with van der Waals surface area (Å²) in [4.78, 5) is 12.0. The van der Waals surface area contributed by atoms with Crippen LogP contribution in [0.25, 0.3) is 0 Å². The van der Waals surface area contributed by atoms with Crippen LogP contribution in [0.4, 0.5) is 10.1 Å². The number of hydrogen-bond acceptors (Lipinski definition) is 2. The number of nitrogens with one attached hydrogen (secondary N) is 1. The molecule has 1 N–H and O–H groups in total. The summed E-state index contributed by atoms with van der Waals surface area (Å²) in [6, 6.07) is 13.7. The van der Waals surface area contributed by atoms with E-state index in [9.17, 15) is 9.18 Å². The van der Waals surface area contributed by atoms with Crippen molar-refractivity contribution in [3.63, 3.8) is 0 Å². The van der Waals surface area contributed by atoms with E-state index in [0.29, 0.717) is 5.75 Å². The maximum absolute atomic E-state index is 13.6. The van der Waals surface area contributed by atoms with Crippen molar-refractivity contribution < 1.29 is 13.9 Å². The molecule has 1 unspecified atom stereocenters. The molecule has 2 aromatic rings. The smallest absolute Gasteiger partial charge is 0.265 e. The Morgan fingerprint density at radius 2 is 1.90 bits per heavy atom. The number of rotatable bonds is 4. The molecule has 1 atom stereocenters. The van der Waals surface area contributed by atoms with Gasteiger partial charge in [-0.3, -0.25) is 4.79 Å². The summed E-state index contributed by atoms with van der Waals surface area (Å²) < 4.78 is 19.1. The minimum Gasteiger partial charge on any atom is -0.481 e. The minimum absolute atomic E-state index is 0.157. The Bertz CT molecular complexity index is 599. The largest absolute Gasteiger partial charge is 0.481 e. The fraction of sp³-hybridized carbons (Fsp3) is 0.188. The van der Waals surface area contributed by atoms with Crippen molar-refractivity contribution in [3.05, 3.63) is 59.9 Å². The minimum atomic E-state index is -0.710. The quantitative estimate of drug-likeness (QED) is 0.925. The lowest BCUT2D eigenvalue weighted by Crippen LogP contribution is -2.30. The first-order valence-corrected chi connectivity index (χ1v) is 6.35. The van der Waals surface area contributed by atoms with E-state index in [1.165, 1.54) is 12.1 Å². The molecule has 3 nitrogen and oxygen atoms in total. The Labute approximate surface area is 117 Å². The number of benzene rings is 2. The van der Waals surface area contributed by atoms with Crippen LogP contribution < -0.4 is 10.1 Å². The van der Waals surface area contributed by atoms with Crippen molar-refractivity contribution >= 4 is 11.6 Å². The summed E-state index contributed by atoms with van der Waals surface area (Å²) in [6.07, 6.45) is -0.710. The Balaban J connectivity index is 2.01. The van der Waals surface area contributed by atoms with Crippen LogP contribution in [-0.2, 0) is 4.79 Å². The van der Waals surface area contributed by atoms with Crippen LogP contribution in [0.3, 0.4) is 0 Å². The van der Waals surface area contributed by atoms with Gasteiger partial charge in [-0.15, -0.1) is 0 Å². The van der Waals surface area contributed by atoms with Gasteiger partial charge in [0.2, 0.25) is 0 Å². The van der Waals surface area contributed by atoms with E-state index in [4.69, 9.17) is 4.74 Å². The van der Waals surface area contributed by atoms with Crippen molar-refractivity contribution in [2.75, 3.05) is 5.32 Å². The van der Waals surface area contributed by atoms with Gasteiger partial charge < -0.3 is 10.1 Å². The summed E-state index contributed by atoms with van der Waals surface area (Å²) in [5, 5.41) is 2.52. The van der Waals surface area contributed by atoms with Gasteiger partial charge in [-0.25, -0.2) is 4.39 Å². The number of carbonyl (C=O) groups excluding carboxylic acids is 1. The standard InChI is InChI=1S/C16H16FNO2/c1-11-8-9-15(14(17)10-11)18-16(19)12(2)20-13-6-4-3-5-7-13/h3-10,12H,1-2H3,(H,18,19). The lowest BCUT2D eigenvalue weighted by atomic mass is 10.2. The molecule has 4 heteroatoms. The van der Waals surface area contributed by atoms with Crippen LogP contribution in [0.5, 0.6) is 5.75 Å². The number of ether oxygens (including phenoxy) is 1. The molecule has 0 fully saturated rings. The molecule has 2 aromatic carbocycles. The second-order valence-electron chi connectivity index (χ2n) is 4.55. The summed E-state index contributed by atoms with van der Waals surface area (Å²) in [5.74, 6) is -0.249. The van der Waals surface area contributed by atoms with Gasteiger partial charge in [0.05, 0.1) is 5.69 Å². The van der Waals surface area contributed by atoms with E-state index in [2.05, 4.69) is 5.32 Å². The van der Waals surface area contributed by atoms with Gasteiger partial charge in [0.15, 0.2) is 6.10 Å². The molecular weight excluding hydrogens is 257 g/mol. The normalized spacial score (nSPS) is 11.8. The van der Waals surface area contributed by atoms with Gasteiger partial charge in [0, 0.05) is 0 Å². The SMILES string of the molecule is Cc1ccc(NC(=O)C(C)Oc2ccccc2)c(F)c1. The molecule has 104 valence electrons. The Morgan fingerprint density at radius 3 is 2.55 bits per heavy atom. The maximum Gasteiger partial charge on any atom is 0.265 e. The molecule has 0 saturated heterocycles. The summed E-state index contributed by atoms with van der Waals surface area (Å²) in [7, 11) is 0. The maximum atomic E-state index is 13.6. The molecule has 0 bridgehead atoms. The fourth-order valence-electron chi connectivity index (χ4n) is 1.71. The third-order valence-corrected chi connectivity index (χ3v) is 2.81. The van der Waals surface area contributed by atoms with Crippen LogP contribution in [-0.4, -0.2) is 12.0 Å². The zero-order chi connectivity index (χ0) is 14.5. The van der Waals surface area contributed by atoms with E-state index in [-0.39, 0.29) is 5.69 Å². The molecular formula is C16H16FNO2. The van der Waals surface area contributed by atoms with Gasteiger partial charge in [-0.05, 0) is 43.7 Å². The van der Waals surface area contributed by atoms with Crippen LogP contribution in [0.15, 0.2) is 48.5 Å². The molecule has 0 heterocycles. The van der Waals surface area contributed by atoms with Gasteiger partial charge >= 0.3 is 0 Å². The second kappa shape index (κ2) is 6.19. The van der Waals surface area contributed by atoms with Gasteiger partial charge in [0.1, 0.15) is 11.6 Å². The average molecular weight is 273 g/mol. The number of aryl methyl sites for hydroxylation is 1. The average Bonchev–Trinajstić information content (AvgIpc) is 2.43. The summed E-state index contributed by atoms with van der Waals surface area (Å²) >= 11 is 0. The first kappa shape index (κ1) is 14.1. The molecule has 20 heavy (non-hydrogen) atoms. The van der Waals surface area contributed by atoms with E-state index in [1.54, 1.807) is 32.0 Å². The second-order valence-corrected chi connectivity index (χ2v) is 4.55. The van der Waals surface area contributed by atoms with Crippen LogP contribution in [0.2, 0.25) is 0 Å². The Hall–Kier alpha value is -2.36. The Morgan fingerprint density at radius 1 is 1.20 bits per heavy atom. The van der Waals surface area contributed by atoms with E-state index >= 15 is 0 Å². The van der Waals surface area contributed by atoms with Gasteiger partial charge in [-0.2, -0.15) is 0 Å². The number of para-hydroxylation sites is 1. The fourth-order valence-corrected chi connectivity index (χ4v) is 1.71. The first-order valence-electron chi connectivity index (χ1n) is 6.35. The van der Waals surface area contributed by atoms with Crippen molar-refractivity contribution in [3.8, 4) is 5.75 Å². The van der Waals surface area contributed by atoms with Crippen molar-refractivity contribution in [2.45, 2.75) is 20.0 Å².